The summed E-state index contributed by atoms with van der Waals surface area (Å²) in [6.45, 7) is 4.11. The fourth-order valence-corrected chi connectivity index (χ4v) is 2.25. The van der Waals surface area contributed by atoms with Crippen LogP contribution >= 0.6 is 0 Å². The van der Waals surface area contributed by atoms with Crippen LogP contribution in [-0.2, 0) is 14.3 Å². The van der Waals surface area contributed by atoms with Crippen molar-refractivity contribution in [1.29, 1.82) is 0 Å². The third-order valence-corrected chi connectivity index (χ3v) is 3.43. The molecule has 0 aromatic carbocycles. The molecule has 0 aromatic rings. The summed E-state index contributed by atoms with van der Waals surface area (Å²) in [5.41, 5.74) is 2.19. The molecule has 1 saturated heterocycles. The van der Waals surface area contributed by atoms with Gasteiger partial charge in [-0.05, 0) is 18.9 Å². The molecule has 3 atom stereocenters. The molecular weight excluding hydrogens is 222 g/mol. The fourth-order valence-electron chi connectivity index (χ4n) is 2.25. The van der Waals surface area contributed by atoms with Gasteiger partial charge in [-0.2, -0.15) is 0 Å². The lowest BCUT2D eigenvalue weighted by atomic mass is 9.94. The number of hydrazine groups is 1. The highest BCUT2D eigenvalue weighted by Crippen LogP contribution is 2.21. The molecule has 0 spiro atoms. The molecule has 6 nitrogen and oxygen atoms in total. The Balaban J connectivity index is 2.65. The van der Waals surface area contributed by atoms with Crippen molar-refractivity contribution in [2.24, 2.45) is 11.8 Å². The Bertz CT molecular complexity index is 250. The van der Waals surface area contributed by atoms with Gasteiger partial charge in [0.1, 0.15) is 6.04 Å². The lowest BCUT2D eigenvalue weighted by molar-refractivity contribution is -0.131. The van der Waals surface area contributed by atoms with Crippen LogP contribution in [0.15, 0.2) is 0 Å². The maximum atomic E-state index is 11.7. The highest BCUT2D eigenvalue weighted by Gasteiger charge is 2.33. The van der Waals surface area contributed by atoms with E-state index in [0.29, 0.717) is 12.5 Å². The van der Waals surface area contributed by atoms with Crippen LogP contribution in [0.4, 0.5) is 0 Å². The van der Waals surface area contributed by atoms with Crippen molar-refractivity contribution in [3.63, 3.8) is 0 Å². The number of piperidine rings is 1. The van der Waals surface area contributed by atoms with Crippen LogP contribution in [0.3, 0.4) is 0 Å². The van der Waals surface area contributed by atoms with Crippen LogP contribution in [0.5, 0.6) is 0 Å². The zero-order valence-corrected chi connectivity index (χ0v) is 10.8. The van der Waals surface area contributed by atoms with Gasteiger partial charge in [0, 0.05) is 20.8 Å². The van der Waals surface area contributed by atoms with Crippen molar-refractivity contribution in [2.45, 2.75) is 25.5 Å². The van der Waals surface area contributed by atoms with Crippen molar-refractivity contribution in [3.05, 3.63) is 0 Å². The predicted octanol–water partition coefficient (Wildman–Crippen LogP) is -0.652. The van der Waals surface area contributed by atoms with Gasteiger partial charge in [0.15, 0.2) is 0 Å². The van der Waals surface area contributed by atoms with Gasteiger partial charge in [-0.25, -0.2) is 5.84 Å². The summed E-state index contributed by atoms with van der Waals surface area (Å²) in [5.74, 6) is 5.49. The van der Waals surface area contributed by atoms with Crippen molar-refractivity contribution < 1.29 is 14.3 Å². The summed E-state index contributed by atoms with van der Waals surface area (Å²) < 4.78 is 10.5. The molecule has 1 aliphatic heterocycles. The van der Waals surface area contributed by atoms with Crippen LogP contribution in [0.25, 0.3) is 0 Å². The molecule has 0 saturated carbocycles. The average molecular weight is 245 g/mol. The van der Waals surface area contributed by atoms with Gasteiger partial charge in [-0.3, -0.25) is 15.1 Å². The van der Waals surface area contributed by atoms with Crippen molar-refractivity contribution >= 4 is 5.91 Å². The number of rotatable bonds is 5. The standard InChI is InChI=1S/C11H23N3O3/c1-8-4-5-14(6-10(8)17-3)9(7-16-2)11(15)13-12/h8-10H,4-7,12H2,1-3H3,(H,13,15). The number of carbonyl (C=O) groups is 1. The van der Waals surface area contributed by atoms with E-state index >= 15 is 0 Å². The Morgan fingerprint density at radius 1 is 1.59 bits per heavy atom. The smallest absolute Gasteiger partial charge is 0.253 e. The lowest BCUT2D eigenvalue weighted by Gasteiger charge is -2.39. The maximum absolute atomic E-state index is 11.7. The van der Waals surface area contributed by atoms with Gasteiger partial charge in [-0.1, -0.05) is 6.92 Å². The van der Waals surface area contributed by atoms with E-state index in [-0.39, 0.29) is 18.1 Å². The monoisotopic (exact) mass is 245 g/mol. The number of nitrogens with one attached hydrogen (secondary N) is 1. The van der Waals surface area contributed by atoms with Gasteiger partial charge in [0.05, 0.1) is 12.7 Å². The minimum Gasteiger partial charge on any atom is -0.383 e. The third-order valence-electron chi connectivity index (χ3n) is 3.43. The summed E-state index contributed by atoms with van der Waals surface area (Å²) in [4.78, 5) is 13.7. The number of hydrogen-bond donors (Lipinski definition) is 2. The second kappa shape index (κ2) is 6.90. The molecule has 1 rings (SSSR count). The molecule has 1 fully saturated rings. The lowest BCUT2D eigenvalue weighted by Crippen LogP contribution is -2.56. The number of ether oxygens (including phenoxy) is 2. The van der Waals surface area contributed by atoms with Crippen LogP contribution < -0.4 is 11.3 Å². The van der Waals surface area contributed by atoms with E-state index in [2.05, 4.69) is 17.2 Å². The summed E-state index contributed by atoms with van der Waals surface area (Å²) in [7, 11) is 3.29. The number of nitrogens with two attached hydrogens (primary N) is 1. The topological polar surface area (TPSA) is 76.8 Å². The predicted molar refractivity (Wildman–Crippen MR) is 64.1 cm³/mol. The molecule has 100 valence electrons. The minimum atomic E-state index is -0.338. The van der Waals surface area contributed by atoms with E-state index in [1.54, 1.807) is 14.2 Å². The summed E-state index contributed by atoms with van der Waals surface area (Å²) in [6, 6.07) is -0.338. The first-order valence-electron chi connectivity index (χ1n) is 5.90. The Labute approximate surface area is 102 Å². The zero-order chi connectivity index (χ0) is 12.8. The second-order valence-corrected chi connectivity index (χ2v) is 4.51. The number of likely N-dealkylation sites (tertiary alicyclic amines) is 1. The largest absolute Gasteiger partial charge is 0.383 e. The first-order valence-corrected chi connectivity index (χ1v) is 5.90. The SMILES string of the molecule is COCC(C(=O)NN)N1CCC(C)C(OC)C1. The van der Waals surface area contributed by atoms with Gasteiger partial charge >= 0.3 is 0 Å². The molecule has 0 radical (unpaired) electrons. The van der Waals surface area contributed by atoms with E-state index in [0.717, 1.165) is 19.5 Å². The number of nitrogens with zero attached hydrogens (tertiary/aromatic N) is 1. The fraction of sp³-hybridized carbons (Fsp3) is 0.909. The normalized spacial score (nSPS) is 27.8. The zero-order valence-electron chi connectivity index (χ0n) is 10.8. The number of carbonyl (C=O) groups excluding carboxylic acids is 1. The molecular formula is C11H23N3O3. The van der Waals surface area contributed by atoms with Gasteiger partial charge in [-0.15, -0.1) is 0 Å². The number of amides is 1. The van der Waals surface area contributed by atoms with Crippen LogP contribution in [0.2, 0.25) is 0 Å². The Kier molecular flexibility index (Phi) is 5.84. The first kappa shape index (κ1) is 14.4. The number of methoxy groups -OCH3 is 2. The third kappa shape index (κ3) is 3.64. The number of hydrogen-bond acceptors (Lipinski definition) is 5. The van der Waals surface area contributed by atoms with Crippen molar-refractivity contribution in [2.75, 3.05) is 33.9 Å². The Morgan fingerprint density at radius 2 is 2.29 bits per heavy atom. The molecule has 1 amide bonds. The summed E-state index contributed by atoms with van der Waals surface area (Å²) in [6.07, 6.45) is 1.17. The quantitative estimate of drug-likeness (QED) is 0.382. The van der Waals surface area contributed by atoms with Crippen LogP contribution in [0.1, 0.15) is 13.3 Å². The minimum absolute atomic E-state index is 0.161. The first-order chi connectivity index (χ1) is 8.13. The Hall–Kier alpha value is -0.690. The summed E-state index contributed by atoms with van der Waals surface area (Å²) in [5, 5.41) is 0. The molecule has 17 heavy (non-hydrogen) atoms. The van der Waals surface area contributed by atoms with Crippen molar-refractivity contribution in [3.8, 4) is 0 Å². The van der Waals surface area contributed by atoms with Crippen LogP contribution in [-0.4, -0.2) is 56.9 Å². The summed E-state index contributed by atoms with van der Waals surface area (Å²) >= 11 is 0. The van der Waals surface area contributed by atoms with E-state index in [1.165, 1.54) is 0 Å². The highest BCUT2D eigenvalue weighted by molar-refractivity contribution is 5.81. The van der Waals surface area contributed by atoms with E-state index in [1.807, 2.05) is 0 Å². The molecule has 1 aliphatic rings. The Morgan fingerprint density at radius 3 is 2.82 bits per heavy atom. The second-order valence-electron chi connectivity index (χ2n) is 4.51. The van der Waals surface area contributed by atoms with E-state index in [9.17, 15) is 4.79 Å². The van der Waals surface area contributed by atoms with Gasteiger partial charge in [0.2, 0.25) is 0 Å². The van der Waals surface area contributed by atoms with Gasteiger partial charge in [0.25, 0.3) is 5.91 Å². The highest BCUT2D eigenvalue weighted by atomic mass is 16.5. The average Bonchev–Trinajstić information content (AvgIpc) is 2.36. The van der Waals surface area contributed by atoms with Crippen LogP contribution in [0, 0.1) is 5.92 Å². The molecule has 1 heterocycles. The van der Waals surface area contributed by atoms with Gasteiger partial charge < -0.3 is 9.47 Å². The molecule has 6 heteroatoms. The molecule has 3 N–H and O–H groups in total. The maximum Gasteiger partial charge on any atom is 0.253 e. The van der Waals surface area contributed by atoms with E-state index < -0.39 is 0 Å². The molecule has 3 unspecified atom stereocenters. The molecule has 0 aromatic heterocycles. The van der Waals surface area contributed by atoms with Crippen molar-refractivity contribution in [1.82, 2.24) is 10.3 Å². The van der Waals surface area contributed by atoms with E-state index in [4.69, 9.17) is 15.3 Å². The molecule has 0 aliphatic carbocycles. The molecule has 0 bridgehead atoms.